The van der Waals surface area contributed by atoms with Crippen LogP contribution < -0.4 is 11.1 Å². The number of amides is 1. The van der Waals surface area contributed by atoms with Crippen LogP contribution >= 0.6 is 0 Å². The number of piperidine rings is 1. The molecule has 1 heterocycles. The van der Waals surface area contributed by atoms with Gasteiger partial charge in [0.15, 0.2) is 0 Å². The zero-order valence-electron chi connectivity index (χ0n) is 12.1. The van der Waals surface area contributed by atoms with Crippen LogP contribution in [0.25, 0.3) is 0 Å². The van der Waals surface area contributed by atoms with Gasteiger partial charge in [-0.2, -0.15) is 0 Å². The summed E-state index contributed by atoms with van der Waals surface area (Å²) in [7, 11) is 0. The molecule has 1 aliphatic heterocycles. The van der Waals surface area contributed by atoms with E-state index in [1.165, 1.54) is 0 Å². The molecule has 1 fully saturated rings. The van der Waals surface area contributed by atoms with Gasteiger partial charge in [0.2, 0.25) is 5.91 Å². The number of nitrogens with zero attached hydrogens (tertiary/aromatic N) is 1. The third-order valence-electron chi connectivity index (χ3n) is 2.94. The van der Waals surface area contributed by atoms with Gasteiger partial charge in [-0.25, -0.2) is 0 Å². The number of primary amides is 1. The molecule has 0 radical (unpaired) electrons. The van der Waals surface area contributed by atoms with E-state index in [1.807, 2.05) is 25.7 Å². The van der Waals surface area contributed by atoms with E-state index in [9.17, 15) is 9.59 Å². The Balaban J connectivity index is 2.58. The zero-order chi connectivity index (χ0) is 14.5. The van der Waals surface area contributed by atoms with E-state index in [0.29, 0.717) is 0 Å². The molecule has 6 heteroatoms. The molecule has 110 valence electrons. The molecular weight excluding hydrogens is 246 g/mol. The Labute approximate surface area is 114 Å². The third-order valence-corrected chi connectivity index (χ3v) is 2.94. The van der Waals surface area contributed by atoms with E-state index in [-0.39, 0.29) is 25.1 Å². The SMILES string of the molecule is CC(C)(C)OC(=O)CN(CC(N)=O)C1CCNCC1. The number of esters is 1. The fraction of sp³-hybridized carbons (Fsp3) is 0.846. The van der Waals surface area contributed by atoms with Crippen LogP contribution in [-0.4, -0.2) is 54.6 Å². The molecule has 1 rings (SSSR count). The number of nitrogens with two attached hydrogens (primary N) is 1. The van der Waals surface area contributed by atoms with Gasteiger partial charge < -0.3 is 15.8 Å². The van der Waals surface area contributed by atoms with Crippen molar-refractivity contribution in [1.82, 2.24) is 10.2 Å². The van der Waals surface area contributed by atoms with Gasteiger partial charge >= 0.3 is 5.97 Å². The Morgan fingerprint density at radius 1 is 1.26 bits per heavy atom. The van der Waals surface area contributed by atoms with E-state index in [1.54, 1.807) is 0 Å². The summed E-state index contributed by atoms with van der Waals surface area (Å²) in [5.74, 6) is -0.727. The van der Waals surface area contributed by atoms with Gasteiger partial charge in [-0.05, 0) is 46.7 Å². The lowest BCUT2D eigenvalue weighted by molar-refractivity contribution is -0.157. The molecule has 1 saturated heterocycles. The van der Waals surface area contributed by atoms with E-state index in [0.717, 1.165) is 25.9 Å². The van der Waals surface area contributed by atoms with Crippen LogP contribution in [0.4, 0.5) is 0 Å². The molecule has 1 amide bonds. The summed E-state index contributed by atoms with van der Waals surface area (Å²) in [4.78, 5) is 24.8. The van der Waals surface area contributed by atoms with Gasteiger partial charge in [-0.1, -0.05) is 0 Å². The molecule has 0 saturated carbocycles. The second kappa shape index (κ2) is 6.86. The Bertz CT molecular complexity index is 320. The molecule has 6 nitrogen and oxygen atoms in total. The summed E-state index contributed by atoms with van der Waals surface area (Å²) < 4.78 is 5.29. The molecule has 0 unspecified atom stereocenters. The smallest absolute Gasteiger partial charge is 0.320 e. The first-order valence-electron chi connectivity index (χ1n) is 6.73. The number of carbonyl (C=O) groups is 2. The molecule has 0 aromatic rings. The van der Waals surface area contributed by atoms with Gasteiger partial charge in [0.05, 0.1) is 13.1 Å². The van der Waals surface area contributed by atoms with Gasteiger partial charge in [-0.15, -0.1) is 0 Å². The first-order valence-corrected chi connectivity index (χ1v) is 6.73. The lowest BCUT2D eigenvalue weighted by Gasteiger charge is -2.33. The molecule has 0 aromatic carbocycles. The maximum Gasteiger partial charge on any atom is 0.320 e. The average molecular weight is 271 g/mol. The summed E-state index contributed by atoms with van der Waals surface area (Å²) >= 11 is 0. The molecular formula is C13H25N3O3. The van der Waals surface area contributed by atoms with Crippen molar-refractivity contribution in [1.29, 1.82) is 0 Å². The predicted molar refractivity (Wildman–Crippen MR) is 72.5 cm³/mol. The number of hydrogen-bond donors (Lipinski definition) is 2. The first-order chi connectivity index (χ1) is 8.78. The van der Waals surface area contributed by atoms with E-state index in [2.05, 4.69) is 5.32 Å². The molecule has 0 spiro atoms. The summed E-state index contributed by atoms with van der Waals surface area (Å²) in [6.45, 7) is 7.49. The fourth-order valence-electron chi connectivity index (χ4n) is 2.23. The van der Waals surface area contributed by atoms with Crippen LogP contribution in [0.3, 0.4) is 0 Å². The molecule has 0 aromatic heterocycles. The number of ether oxygens (including phenoxy) is 1. The zero-order valence-corrected chi connectivity index (χ0v) is 12.1. The minimum absolute atomic E-state index is 0.101. The minimum atomic E-state index is -0.510. The van der Waals surface area contributed by atoms with Crippen molar-refractivity contribution in [3.63, 3.8) is 0 Å². The Kier molecular flexibility index (Phi) is 5.75. The highest BCUT2D eigenvalue weighted by Gasteiger charge is 2.26. The summed E-state index contributed by atoms with van der Waals surface area (Å²) in [6.07, 6.45) is 1.83. The maximum atomic E-state index is 11.9. The highest BCUT2D eigenvalue weighted by molar-refractivity contribution is 5.77. The largest absolute Gasteiger partial charge is 0.459 e. The summed E-state index contributed by atoms with van der Waals surface area (Å²) in [6, 6.07) is 0.210. The third kappa shape index (κ3) is 6.54. The lowest BCUT2D eigenvalue weighted by Crippen LogP contribution is -2.49. The second-order valence-electron chi connectivity index (χ2n) is 5.94. The van der Waals surface area contributed by atoms with Crippen molar-refractivity contribution in [2.75, 3.05) is 26.2 Å². The van der Waals surface area contributed by atoms with Crippen LogP contribution in [0.15, 0.2) is 0 Å². The number of hydrogen-bond acceptors (Lipinski definition) is 5. The van der Waals surface area contributed by atoms with Gasteiger partial charge in [0, 0.05) is 6.04 Å². The van der Waals surface area contributed by atoms with Gasteiger partial charge in [0.25, 0.3) is 0 Å². The summed E-state index contributed by atoms with van der Waals surface area (Å²) in [5, 5.41) is 3.26. The molecule has 1 aliphatic rings. The van der Waals surface area contributed by atoms with Crippen LogP contribution in [0.2, 0.25) is 0 Å². The van der Waals surface area contributed by atoms with Crippen LogP contribution in [0.5, 0.6) is 0 Å². The topological polar surface area (TPSA) is 84.7 Å². The van der Waals surface area contributed by atoms with E-state index in [4.69, 9.17) is 10.5 Å². The van der Waals surface area contributed by atoms with Crippen molar-refractivity contribution >= 4 is 11.9 Å². The van der Waals surface area contributed by atoms with Gasteiger partial charge in [-0.3, -0.25) is 14.5 Å². The summed E-state index contributed by atoms with van der Waals surface area (Å²) in [5.41, 5.74) is 4.74. The van der Waals surface area contributed by atoms with Crippen molar-refractivity contribution in [2.24, 2.45) is 5.73 Å². The highest BCUT2D eigenvalue weighted by Crippen LogP contribution is 2.13. The molecule has 0 aliphatic carbocycles. The number of rotatable bonds is 5. The van der Waals surface area contributed by atoms with Crippen molar-refractivity contribution in [3.8, 4) is 0 Å². The number of nitrogens with one attached hydrogen (secondary N) is 1. The Morgan fingerprint density at radius 2 is 1.84 bits per heavy atom. The van der Waals surface area contributed by atoms with Crippen LogP contribution in [0.1, 0.15) is 33.6 Å². The van der Waals surface area contributed by atoms with Crippen molar-refractivity contribution < 1.29 is 14.3 Å². The standard InChI is InChI=1S/C13H25N3O3/c1-13(2,3)19-12(18)9-16(8-11(14)17)10-4-6-15-7-5-10/h10,15H,4-9H2,1-3H3,(H2,14,17). The number of carbonyl (C=O) groups excluding carboxylic acids is 2. The Morgan fingerprint density at radius 3 is 2.32 bits per heavy atom. The second-order valence-corrected chi connectivity index (χ2v) is 5.94. The fourth-order valence-corrected chi connectivity index (χ4v) is 2.23. The van der Waals surface area contributed by atoms with Gasteiger partial charge in [0.1, 0.15) is 5.60 Å². The quantitative estimate of drug-likeness (QED) is 0.680. The lowest BCUT2D eigenvalue weighted by atomic mass is 10.0. The average Bonchev–Trinajstić information content (AvgIpc) is 2.26. The molecule has 0 atom stereocenters. The maximum absolute atomic E-state index is 11.9. The minimum Gasteiger partial charge on any atom is -0.459 e. The van der Waals surface area contributed by atoms with Crippen LogP contribution in [0, 0.1) is 0 Å². The first kappa shape index (κ1) is 15.9. The normalized spacial score (nSPS) is 17.5. The van der Waals surface area contributed by atoms with Crippen LogP contribution in [-0.2, 0) is 14.3 Å². The van der Waals surface area contributed by atoms with Crippen molar-refractivity contribution in [2.45, 2.75) is 45.3 Å². The van der Waals surface area contributed by atoms with Crippen molar-refractivity contribution in [3.05, 3.63) is 0 Å². The van der Waals surface area contributed by atoms with E-state index >= 15 is 0 Å². The molecule has 19 heavy (non-hydrogen) atoms. The van der Waals surface area contributed by atoms with E-state index < -0.39 is 11.5 Å². The Hall–Kier alpha value is -1.14. The molecule has 3 N–H and O–H groups in total. The highest BCUT2D eigenvalue weighted by atomic mass is 16.6. The monoisotopic (exact) mass is 271 g/mol. The predicted octanol–water partition coefficient (Wildman–Crippen LogP) is -0.133. The molecule has 0 bridgehead atoms.